The number of nitrogens with two attached hydrogens (primary N) is 1. The zero-order chi connectivity index (χ0) is 9.97. The highest BCUT2D eigenvalue weighted by Gasteiger charge is 2.00. The number of nitrogens with zero attached hydrogens (tertiary/aromatic N) is 3. The average Bonchev–Trinajstić information content (AvgIpc) is 2.51. The van der Waals surface area contributed by atoms with E-state index in [9.17, 15) is 0 Å². The maximum atomic E-state index is 5.51. The van der Waals surface area contributed by atoms with Gasteiger partial charge in [-0.15, -0.1) is 11.3 Å². The fourth-order valence-electron chi connectivity index (χ4n) is 0.963. The molecule has 14 heavy (non-hydrogen) atoms. The Morgan fingerprint density at radius 1 is 1.36 bits per heavy atom. The summed E-state index contributed by atoms with van der Waals surface area (Å²) in [5, 5.41) is 3.85. The molecule has 6 heteroatoms. The van der Waals surface area contributed by atoms with E-state index in [0.717, 1.165) is 10.0 Å². The van der Waals surface area contributed by atoms with Gasteiger partial charge in [0.2, 0.25) is 0 Å². The normalized spacial score (nSPS) is 10.1. The lowest BCUT2D eigenvalue weighted by Gasteiger charge is -2.00. The molecule has 0 amide bonds. The summed E-state index contributed by atoms with van der Waals surface area (Å²) in [4.78, 5) is 13.1. The lowest BCUT2D eigenvalue weighted by molar-refractivity contribution is 1.17. The van der Waals surface area contributed by atoms with Crippen LogP contribution < -0.4 is 11.1 Å². The van der Waals surface area contributed by atoms with Gasteiger partial charge in [-0.3, -0.25) is 0 Å². The fourth-order valence-corrected chi connectivity index (χ4v) is 1.63. The fraction of sp³-hybridized carbons (Fsp3) is 0.125. The highest BCUT2D eigenvalue weighted by molar-refractivity contribution is 7.15. The van der Waals surface area contributed by atoms with Crippen molar-refractivity contribution >= 4 is 28.1 Å². The molecule has 72 valence electrons. The predicted octanol–water partition coefficient (Wildman–Crippen LogP) is 1.57. The molecular formula is C8H9N5S. The van der Waals surface area contributed by atoms with Crippen molar-refractivity contribution in [2.45, 2.75) is 6.92 Å². The van der Waals surface area contributed by atoms with Crippen LogP contribution in [0.3, 0.4) is 0 Å². The zero-order valence-electron chi connectivity index (χ0n) is 7.56. The van der Waals surface area contributed by atoms with Crippen molar-refractivity contribution in [3.63, 3.8) is 0 Å². The summed E-state index contributed by atoms with van der Waals surface area (Å²) in [5.41, 5.74) is 5.51. The van der Waals surface area contributed by atoms with Crippen LogP contribution in [0, 0.1) is 6.92 Å². The van der Waals surface area contributed by atoms with Crippen LogP contribution in [0.1, 0.15) is 4.88 Å². The third-order valence-corrected chi connectivity index (χ3v) is 2.37. The van der Waals surface area contributed by atoms with Crippen molar-refractivity contribution in [1.82, 2.24) is 15.0 Å². The van der Waals surface area contributed by atoms with Crippen LogP contribution in [0.5, 0.6) is 0 Å². The van der Waals surface area contributed by atoms with E-state index in [1.165, 1.54) is 6.33 Å². The molecule has 0 radical (unpaired) electrons. The van der Waals surface area contributed by atoms with E-state index in [2.05, 4.69) is 20.3 Å². The van der Waals surface area contributed by atoms with E-state index >= 15 is 0 Å². The molecule has 0 aromatic carbocycles. The van der Waals surface area contributed by atoms with E-state index in [4.69, 9.17) is 5.73 Å². The van der Waals surface area contributed by atoms with Crippen LogP contribution in [0.2, 0.25) is 0 Å². The molecule has 2 heterocycles. The molecule has 2 aromatic heterocycles. The summed E-state index contributed by atoms with van der Waals surface area (Å²) in [5.74, 6) is 1.10. The first kappa shape index (κ1) is 8.89. The van der Waals surface area contributed by atoms with Gasteiger partial charge in [-0.25, -0.2) is 15.0 Å². The monoisotopic (exact) mass is 207 g/mol. The van der Waals surface area contributed by atoms with Crippen molar-refractivity contribution in [1.29, 1.82) is 0 Å². The predicted molar refractivity (Wildman–Crippen MR) is 56.6 cm³/mol. The summed E-state index contributed by atoms with van der Waals surface area (Å²) >= 11 is 1.56. The minimum atomic E-state index is 0.441. The summed E-state index contributed by atoms with van der Waals surface area (Å²) in [7, 11) is 0. The van der Waals surface area contributed by atoms with Crippen molar-refractivity contribution in [3.05, 3.63) is 23.5 Å². The van der Waals surface area contributed by atoms with Gasteiger partial charge in [0.25, 0.3) is 0 Å². The number of nitrogens with one attached hydrogen (secondary N) is 1. The molecule has 0 atom stereocenters. The molecule has 0 spiro atoms. The second kappa shape index (κ2) is 3.59. The molecule has 0 saturated heterocycles. The highest BCUT2D eigenvalue weighted by Crippen LogP contribution is 2.20. The largest absolute Gasteiger partial charge is 0.384 e. The molecule has 0 aliphatic heterocycles. The van der Waals surface area contributed by atoms with Crippen LogP contribution in [0.15, 0.2) is 18.6 Å². The standard InChI is InChI=1S/C8H9N5S/c1-5-3-10-8(14-5)13-7-2-6(9)11-4-12-7/h2-4H,1H3,(H3,9,10,11,12,13). The molecule has 0 unspecified atom stereocenters. The summed E-state index contributed by atoms with van der Waals surface area (Å²) in [6, 6.07) is 1.66. The van der Waals surface area contributed by atoms with Gasteiger partial charge in [0.05, 0.1) is 0 Å². The van der Waals surface area contributed by atoms with Gasteiger partial charge in [-0.2, -0.15) is 0 Å². The van der Waals surface area contributed by atoms with Gasteiger partial charge in [-0.05, 0) is 6.92 Å². The highest BCUT2D eigenvalue weighted by atomic mass is 32.1. The quantitative estimate of drug-likeness (QED) is 0.781. The molecule has 0 bridgehead atoms. The molecular weight excluding hydrogens is 198 g/mol. The third kappa shape index (κ3) is 1.97. The van der Waals surface area contributed by atoms with Crippen molar-refractivity contribution in [3.8, 4) is 0 Å². The number of hydrogen-bond donors (Lipinski definition) is 2. The lowest BCUT2D eigenvalue weighted by Crippen LogP contribution is -1.96. The number of aryl methyl sites for hydroxylation is 1. The Kier molecular flexibility index (Phi) is 2.28. The second-order valence-electron chi connectivity index (χ2n) is 2.73. The number of aromatic nitrogens is 3. The number of hydrogen-bond acceptors (Lipinski definition) is 6. The van der Waals surface area contributed by atoms with Crippen LogP contribution in [0.4, 0.5) is 16.8 Å². The molecule has 3 N–H and O–H groups in total. The van der Waals surface area contributed by atoms with E-state index in [1.807, 2.05) is 6.92 Å². The summed E-state index contributed by atoms with van der Waals surface area (Å²) in [6.45, 7) is 2.00. The Morgan fingerprint density at radius 3 is 2.86 bits per heavy atom. The molecule has 0 fully saturated rings. The van der Waals surface area contributed by atoms with Crippen LogP contribution in [-0.2, 0) is 0 Å². The first-order chi connectivity index (χ1) is 6.74. The minimum absolute atomic E-state index is 0.441. The van der Waals surface area contributed by atoms with Gasteiger partial charge >= 0.3 is 0 Å². The maximum Gasteiger partial charge on any atom is 0.188 e. The Labute approximate surface area is 85.0 Å². The number of thiazole rings is 1. The Bertz CT molecular complexity index is 439. The summed E-state index contributed by atoms with van der Waals surface area (Å²) in [6.07, 6.45) is 3.22. The molecule has 2 rings (SSSR count). The maximum absolute atomic E-state index is 5.51. The lowest BCUT2D eigenvalue weighted by atomic mass is 10.5. The smallest absolute Gasteiger partial charge is 0.188 e. The van der Waals surface area contributed by atoms with Crippen molar-refractivity contribution in [2.24, 2.45) is 0 Å². The molecule has 0 aliphatic rings. The average molecular weight is 207 g/mol. The van der Waals surface area contributed by atoms with Gasteiger partial charge < -0.3 is 11.1 Å². The Balaban J connectivity index is 2.18. The third-order valence-electron chi connectivity index (χ3n) is 1.54. The number of nitrogen functional groups attached to an aromatic ring is 1. The number of anilines is 3. The molecule has 2 aromatic rings. The first-order valence-electron chi connectivity index (χ1n) is 4.01. The second-order valence-corrected chi connectivity index (χ2v) is 3.96. The minimum Gasteiger partial charge on any atom is -0.384 e. The van der Waals surface area contributed by atoms with Crippen molar-refractivity contribution in [2.75, 3.05) is 11.1 Å². The van der Waals surface area contributed by atoms with Crippen LogP contribution in [-0.4, -0.2) is 15.0 Å². The van der Waals surface area contributed by atoms with Crippen LogP contribution >= 0.6 is 11.3 Å². The molecule has 5 nitrogen and oxygen atoms in total. The van der Waals surface area contributed by atoms with Crippen molar-refractivity contribution < 1.29 is 0 Å². The van der Waals surface area contributed by atoms with E-state index in [-0.39, 0.29) is 0 Å². The van der Waals surface area contributed by atoms with Gasteiger partial charge in [0.15, 0.2) is 5.13 Å². The molecule has 0 saturated carbocycles. The first-order valence-corrected chi connectivity index (χ1v) is 4.82. The van der Waals surface area contributed by atoms with Gasteiger partial charge in [0, 0.05) is 17.1 Å². The van der Waals surface area contributed by atoms with Gasteiger partial charge in [0.1, 0.15) is 18.0 Å². The van der Waals surface area contributed by atoms with E-state index < -0.39 is 0 Å². The SMILES string of the molecule is Cc1cnc(Nc2cc(N)ncn2)s1. The van der Waals surface area contributed by atoms with Crippen LogP contribution in [0.25, 0.3) is 0 Å². The summed E-state index contributed by atoms with van der Waals surface area (Å²) < 4.78 is 0. The molecule has 0 aliphatic carbocycles. The zero-order valence-corrected chi connectivity index (χ0v) is 8.38. The van der Waals surface area contributed by atoms with E-state index in [0.29, 0.717) is 11.6 Å². The Hall–Kier alpha value is -1.69. The Morgan fingerprint density at radius 2 is 2.21 bits per heavy atom. The van der Waals surface area contributed by atoms with E-state index in [1.54, 1.807) is 23.6 Å². The number of rotatable bonds is 2. The van der Waals surface area contributed by atoms with Gasteiger partial charge in [-0.1, -0.05) is 0 Å². The topological polar surface area (TPSA) is 76.7 Å².